The lowest BCUT2D eigenvalue weighted by molar-refractivity contribution is 0.134. The van der Waals surface area contributed by atoms with Gasteiger partial charge in [0.2, 0.25) is 5.82 Å². The summed E-state index contributed by atoms with van der Waals surface area (Å²) in [5.41, 5.74) is 4.57. The summed E-state index contributed by atoms with van der Waals surface area (Å²) in [6.07, 6.45) is 0. The fraction of sp³-hybridized carbons (Fsp3) is 0.286. The number of benzene rings is 2. The standard InChI is InChI=1S/C21H24N2O4S/c1-4-26-13-17-11-16(12-24)9-10-18(17)19-7-5-6-8-20(19)28-23(25)21-14(2)15(3)27-22-21/h5-11,24-25H,4,12-13H2,1-3H3. The molecule has 0 spiro atoms. The largest absolute Gasteiger partial charge is 0.392 e. The van der Waals surface area contributed by atoms with Gasteiger partial charge in [-0.3, -0.25) is 5.21 Å². The number of ether oxygens (including phenoxy) is 1. The van der Waals surface area contributed by atoms with Gasteiger partial charge in [0.1, 0.15) is 5.76 Å². The van der Waals surface area contributed by atoms with Gasteiger partial charge in [-0.05, 0) is 49.1 Å². The summed E-state index contributed by atoms with van der Waals surface area (Å²) >= 11 is 1.16. The number of aromatic nitrogens is 1. The molecule has 2 N–H and O–H groups in total. The number of aliphatic hydroxyl groups excluding tert-OH is 1. The molecule has 0 fully saturated rings. The summed E-state index contributed by atoms with van der Waals surface area (Å²) in [5.74, 6) is 1.05. The van der Waals surface area contributed by atoms with Crippen LogP contribution >= 0.6 is 11.9 Å². The van der Waals surface area contributed by atoms with Crippen LogP contribution in [0.15, 0.2) is 51.9 Å². The lowest BCUT2D eigenvalue weighted by Crippen LogP contribution is -2.09. The van der Waals surface area contributed by atoms with Crippen molar-refractivity contribution in [3.63, 3.8) is 0 Å². The quantitative estimate of drug-likeness (QED) is 0.412. The molecule has 1 aromatic heterocycles. The van der Waals surface area contributed by atoms with Crippen LogP contribution < -0.4 is 4.47 Å². The Labute approximate surface area is 168 Å². The maximum atomic E-state index is 10.5. The van der Waals surface area contributed by atoms with Crippen molar-refractivity contribution in [2.24, 2.45) is 0 Å². The van der Waals surface area contributed by atoms with Gasteiger partial charge in [-0.15, -0.1) is 0 Å². The fourth-order valence-electron chi connectivity index (χ4n) is 2.83. The molecule has 0 atom stereocenters. The number of aliphatic hydroxyl groups is 1. The SMILES string of the molecule is CCOCc1cc(CO)ccc1-c1ccccc1SN(O)c1noc(C)c1C. The maximum Gasteiger partial charge on any atom is 0.210 e. The van der Waals surface area contributed by atoms with Gasteiger partial charge in [-0.1, -0.05) is 41.6 Å². The van der Waals surface area contributed by atoms with Crippen LogP contribution in [-0.4, -0.2) is 22.1 Å². The van der Waals surface area contributed by atoms with Gasteiger partial charge in [-0.25, -0.2) is 0 Å². The molecule has 7 heteroatoms. The zero-order valence-electron chi connectivity index (χ0n) is 16.2. The van der Waals surface area contributed by atoms with Crippen LogP contribution in [-0.2, 0) is 18.0 Å². The van der Waals surface area contributed by atoms with E-state index < -0.39 is 0 Å². The first-order chi connectivity index (χ1) is 13.5. The summed E-state index contributed by atoms with van der Waals surface area (Å²) in [5, 5.41) is 24.0. The van der Waals surface area contributed by atoms with E-state index in [2.05, 4.69) is 5.16 Å². The lowest BCUT2D eigenvalue weighted by atomic mass is 9.98. The lowest BCUT2D eigenvalue weighted by Gasteiger charge is -2.18. The molecule has 0 radical (unpaired) electrons. The molecule has 0 unspecified atom stereocenters. The molecule has 0 bridgehead atoms. The summed E-state index contributed by atoms with van der Waals surface area (Å²) in [7, 11) is 0. The highest BCUT2D eigenvalue weighted by Crippen LogP contribution is 2.37. The predicted octanol–water partition coefficient (Wildman–Crippen LogP) is 4.89. The smallest absolute Gasteiger partial charge is 0.210 e. The summed E-state index contributed by atoms with van der Waals surface area (Å²) in [6.45, 7) is 6.64. The Morgan fingerprint density at radius 2 is 1.93 bits per heavy atom. The van der Waals surface area contributed by atoms with Gasteiger partial charge in [0.05, 0.1) is 13.2 Å². The third kappa shape index (κ3) is 4.39. The Hall–Kier alpha value is -2.32. The number of nitrogens with zero attached hydrogens (tertiary/aromatic N) is 2. The van der Waals surface area contributed by atoms with E-state index in [0.717, 1.165) is 49.1 Å². The first kappa shape index (κ1) is 20.4. The van der Waals surface area contributed by atoms with E-state index in [4.69, 9.17) is 9.26 Å². The van der Waals surface area contributed by atoms with Crippen LogP contribution in [0.1, 0.15) is 29.4 Å². The third-order valence-electron chi connectivity index (χ3n) is 4.49. The molecule has 148 valence electrons. The van der Waals surface area contributed by atoms with Gasteiger partial charge in [-0.2, -0.15) is 4.47 Å². The third-order valence-corrected chi connectivity index (χ3v) is 5.39. The van der Waals surface area contributed by atoms with E-state index in [1.165, 1.54) is 0 Å². The van der Waals surface area contributed by atoms with Crippen molar-refractivity contribution in [3.8, 4) is 11.1 Å². The summed E-state index contributed by atoms with van der Waals surface area (Å²) in [6, 6.07) is 13.6. The molecule has 0 aliphatic carbocycles. The molecule has 3 rings (SSSR count). The Kier molecular flexibility index (Phi) is 6.74. The van der Waals surface area contributed by atoms with Crippen LogP contribution in [0.3, 0.4) is 0 Å². The van der Waals surface area contributed by atoms with Crippen LogP contribution in [0.4, 0.5) is 5.82 Å². The van der Waals surface area contributed by atoms with E-state index in [9.17, 15) is 10.3 Å². The van der Waals surface area contributed by atoms with Gasteiger partial charge >= 0.3 is 0 Å². The van der Waals surface area contributed by atoms with Crippen LogP contribution in [0.25, 0.3) is 11.1 Å². The highest BCUT2D eigenvalue weighted by atomic mass is 32.2. The molecule has 0 saturated heterocycles. The molecule has 1 heterocycles. The number of anilines is 1. The van der Waals surface area contributed by atoms with Crippen LogP contribution in [0.2, 0.25) is 0 Å². The van der Waals surface area contributed by atoms with Crippen molar-refractivity contribution in [3.05, 3.63) is 64.9 Å². The minimum absolute atomic E-state index is 0.0228. The zero-order valence-corrected chi connectivity index (χ0v) is 17.0. The molecule has 0 aliphatic heterocycles. The Morgan fingerprint density at radius 1 is 1.14 bits per heavy atom. The topological polar surface area (TPSA) is 79.0 Å². The number of hydrogen-bond acceptors (Lipinski definition) is 7. The summed E-state index contributed by atoms with van der Waals surface area (Å²) in [4.78, 5) is 0.861. The van der Waals surface area contributed by atoms with Crippen molar-refractivity contribution in [2.45, 2.75) is 38.9 Å². The second-order valence-electron chi connectivity index (χ2n) is 6.33. The van der Waals surface area contributed by atoms with Gasteiger partial charge in [0, 0.05) is 29.0 Å². The highest BCUT2D eigenvalue weighted by molar-refractivity contribution is 8.00. The number of hydrogen-bond donors (Lipinski definition) is 2. The maximum absolute atomic E-state index is 10.5. The van der Waals surface area contributed by atoms with E-state index in [-0.39, 0.29) is 6.61 Å². The molecule has 6 nitrogen and oxygen atoms in total. The van der Waals surface area contributed by atoms with Crippen molar-refractivity contribution >= 4 is 17.8 Å². The monoisotopic (exact) mass is 400 g/mol. The van der Waals surface area contributed by atoms with E-state index in [0.29, 0.717) is 24.8 Å². The minimum Gasteiger partial charge on any atom is -0.392 e. The molecule has 2 aromatic carbocycles. The zero-order chi connectivity index (χ0) is 20.1. The van der Waals surface area contributed by atoms with Crippen molar-refractivity contribution in [1.29, 1.82) is 0 Å². The summed E-state index contributed by atoms with van der Waals surface area (Å²) < 4.78 is 11.8. The Bertz CT molecular complexity index is 942. The molecular weight excluding hydrogens is 376 g/mol. The van der Waals surface area contributed by atoms with Gasteiger partial charge in [0.15, 0.2) is 0 Å². The van der Waals surface area contributed by atoms with Crippen molar-refractivity contribution in [1.82, 2.24) is 5.16 Å². The molecule has 0 saturated carbocycles. The average molecular weight is 401 g/mol. The van der Waals surface area contributed by atoms with E-state index in [1.807, 2.05) is 56.3 Å². The Balaban J connectivity index is 1.97. The number of rotatable bonds is 8. The first-order valence-electron chi connectivity index (χ1n) is 9.04. The average Bonchev–Trinajstić information content (AvgIpc) is 3.05. The number of aryl methyl sites for hydroxylation is 1. The molecule has 0 amide bonds. The predicted molar refractivity (Wildman–Crippen MR) is 109 cm³/mol. The highest BCUT2D eigenvalue weighted by Gasteiger charge is 2.18. The van der Waals surface area contributed by atoms with Gasteiger partial charge in [0.25, 0.3) is 0 Å². The normalized spacial score (nSPS) is 11.0. The molecule has 3 aromatic rings. The van der Waals surface area contributed by atoms with E-state index >= 15 is 0 Å². The fourth-order valence-corrected chi connectivity index (χ4v) is 3.69. The molecule has 0 aliphatic rings. The Morgan fingerprint density at radius 3 is 2.61 bits per heavy atom. The van der Waals surface area contributed by atoms with Crippen molar-refractivity contribution < 1.29 is 19.6 Å². The molecule has 28 heavy (non-hydrogen) atoms. The van der Waals surface area contributed by atoms with E-state index in [1.54, 1.807) is 6.92 Å². The van der Waals surface area contributed by atoms with Crippen molar-refractivity contribution in [2.75, 3.05) is 11.1 Å². The van der Waals surface area contributed by atoms with Crippen LogP contribution in [0.5, 0.6) is 0 Å². The van der Waals surface area contributed by atoms with Crippen LogP contribution in [0, 0.1) is 13.8 Å². The minimum atomic E-state index is -0.0228. The van der Waals surface area contributed by atoms with Gasteiger partial charge < -0.3 is 14.4 Å². The first-order valence-corrected chi connectivity index (χ1v) is 9.82. The molecular formula is C21H24N2O4S. The second kappa shape index (κ2) is 9.25. The second-order valence-corrected chi connectivity index (χ2v) is 7.30.